The van der Waals surface area contributed by atoms with Crippen molar-refractivity contribution in [1.29, 1.82) is 0 Å². The first-order valence-electron chi connectivity index (χ1n) is 7.65. The largest absolute Gasteiger partial charge is 0.508 e. The molecule has 21 heavy (non-hydrogen) atoms. The molecule has 2 aromatic carbocycles. The lowest BCUT2D eigenvalue weighted by Crippen LogP contribution is -2.29. The summed E-state index contributed by atoms with van der Waals surface area (Å²) in [6, 6.07) is 16.8. The number of hydrogen-bond acceptors (Lipinski definition) is 2. The van der Waals surface area contributed by atoms with Crippen molar-refractivity contribution in [1.82, 2.24) is 5.32 Å². The van der Waals surface area contributed by atoms with Gasteiger partial charge in [0, 0.05) is 12.1 Å². The molecule has 0 saturated heterocycles. The lowest BCUT2D eigenvalue weighted by atomic mass is 10.0. The maximum absolute atomic E-state index is 9.29. The molecule has 0 aliphatic heterocycles. The second kappa shape index (κ2) is 7.28. The average Bonchev–Trinajstić information content (AvgIpc) is 2.47. The first-order chi connectivity index (χ1) is 10.1. The summed E-state index contributed by atoms with van der Waals surface area (Å²) < 4.78 is 0. The Morgan fingerprint density at radius 1 is 1.00 bits per heavy atom. The van der Waals surface area contributed by atoms with Gasteiger partial charge in [0.25, 0.3) is 0 Å². The van der Waals surface area contributed by atoms with Gasteiger partial charge in [-0.1, -0.05) is 36.4 Å². The predicted molar refractivity (Wildman–Crippen MR) is 88.6 cm³/mol. The minimum Gasteiger partial charge on any atom is -0.508 e. The van der Waals surface area contributed by atoms with Crippen LogP contribution in [0, 0.1) is 6.92 Å². The highest BCUT2D eigenvalue weighted by Gasteiger charge is 2.11. The third kappa shape index (κ3) is 4.61. The summed E-state index contributed by atoms with van der Waals surface area (Å²) in [5.41, 5.74) is 3.97. The normalized spacial score (nSPS) is 13.9. The Kier molecular flexibility index (Phi) is 5.40. The summed E-state index contributed by atoms with van der Waals surface area (Å²) in [4.78, 5) is 0. The van der Waals surface area contributed by atoms with E-state index in [9.17, 15) is 5.11 Å². The van der Waals surface area contributed by atoms with E-state index in [0.717, 1.165) is 12.8 Å². The lowest BCUT2D eigenvalue weighted by Gasteiger charge is -2.22. The maximum Gasteiger partial charge on any atom is 0.115 e. The van der Waals surface area contributed by atoms with Crippen LogP contribution >= 0.6 is 0 Å². The second-order valence-corrected chi connectivity index (χ2v) is 5.85. The molecule has 0 saturated carbocycles. The zero-order valence-electron chi connectivity index (χ0n) is 13.1. The molecular formula is C19H25NO. The van der Waals surface area contributed by atoms with Crippen molar-refractivity contribution in [2.75, 3.05) is 0 Å². The second-order valence-electron chi connectivity index (χ2n) is 5.85. The van der Waals surface area contributed by atoms with E-state index >= 15 is 0 Å². The Hall–Kier alpha value is -1.80. The monoisotopic (exact) mass is 283 g/mol. The van der Waals surface area contributed by atoms with E-state index in [1.165, 1.54) is 16.7 Å². The Bertz CT molecular complexity index is 562. The highest BCUT2D eigenvalue weighted by Crippen LogP contribution is 2.18. The molecule has 112 valence electrons. The van der Waals surface area contributed by atoms with Crippen molar-refractivity contribution in [2.45, 2.75) is 45.7 Å². The zero-order valence-corrected chi connectivity index (χ0v) is 13.1. The quantitative estimate of drug-likeness (QED) is 0.825. The summed E-state index contributed by atoms with van der Waals surface area (Å²) in [5, 5.41) is 13.0. The molecule has 0 heterocycles. The Balaban J connectivity index is 1.85. The van der Waals surface area contributed by atoms with Crippen LogP contribution in [0.1, 0.15) is 43.0 Å². The van der Waals surface area contributed by atoms with Gasteiger partial charge in [0.05, 0.1) is 0 Å². The van der Waals surface area contributed by atoms with Gasteiger partial charge >= 0.3 is 0 Å². The molecule has 0 fully saturated rings. The molecule has 2 nitrogen and oxygen atoms in total. The first kappa shape index (κ1) is 15.6. The van der Waals surface area contributed by atoms with Crippen molar-refractivity contribution >= 4 is 0 Å². The van der Waals surface area contributed by atoms with Gasteiger partial charge in [-0.15, -0.1) is 0 Å². The van der Waals surface area contributed by atoms with Crippen molar-refractivity contribution in [2.24, 2.45) is 0 Å². The number of hydrogen-bond donors (Lipinski definition) is 2. The van der Waals surface area contributed by atoms with Crippen LogP contribution in [0.4, 0.5) is 0 Å². The van der Waals surface area contributed by atoms with Crippen molar-refractivity contribution in [3.63, 3.8) is 0 Å². The number of benzene rings is 2. The van der Waals surface area contributed by atoms with Gasteiger partial charge in [-0.05, 0) is 62.4 Å². The van der Waals surface area contributed by atoms with Crippen molar-refractivity contribution in [3.05, 3.63) is 65.2 Å². The summed E-state index contributed by atoms with van der Waals surface area (Å²) in [5.74, 6) is 0.332. The molecule has 2 rings (SSSR count). The molecule has 0 aliphatic carbocycles. The Morgan fingerprint density at radius 3 is 2.33 bits per heavy atom. The molecule has 2 atom stereocenters. The van der Waals surface area contributed by atoms with Gasteiger partial charge in [0.15, 0.2) is 0 Å². The topological polar surface area (TPSA) is 32.3 Å². The fourth-order valence-electron chi connectivity index (χ4n) is 2.72. The fourth-order valence-corrected chi connectivity index (χ4v) is 2.72. The molecule has 0 radical (unpaired) electrons. The van der Waals surface area contributed by atoms with Crippen molar-refractivity contribution < 1.29 is 5.11 Å². The lowest BCUT2D eigenvalue weighted by molar-refractivity contribution is 0.455. The molecule has 0 bridgehead atoms. The van der Waals surface area contributed by atoms with E-state index in [-0.39, 0.29) is 0 Å². The summed E-state index contributed by atoms with van der Waals surface area (Å²) in [6.07, 6.45) is 2.11. The zero-order chi connectivity index (χ0) is 15.2. The standard InChI is InChI=1S/C19H25NO/c1-14-6-4-5-7-19(14)16(3)20-15(2)8-9-17-10-12-18(21)13-11-17/h4-7,10-13,15-16,20-21H,8-9H2,1-3H3. The van der Waals surface area contributed by atoms with Gasteiger partial charge in [-0.3, -0.25) is 0 Å². The summed E-state index contributed by atoms with van der Waals surface area (Å²) >= 11 is 0. The van der Waals surface area contributed by atoms with E-state index in [1.54, 1.807) is 12.1 Å². The summed E-state index contributed by atoms with van der Waals surface area (Å²) in [6.45, 7) is 6.61. The minimum atomic E-state index is 0.332. The third-order valence-corrected chi connectivity index (χ3v) is 3.99. The Labute approximate surface area is 127 Å². The van der Waals surface area contributed by atoms with Gasteiger partial charge in [0.1, 0.15) is 5.75 Å². The summed E-state index contributed by atoms with van der Waals surface area (Å²) in [7, 11) is 0. The van der Waals surface area contributed by atoms with Crippen LogP contribution in [0.3, 0.4) is 0 Å². The molecule has 0 aliphatic rings. The van der Waals surface area contributed by atoms with E-state index in [0.29, 0.717) is 17.8 Å². The SMILES string of the molecule is Cc1ccccc1C(C)NC(C)CCc1ccc(O)cc1. The molecule has 2 heteroatoms. The molecule has 0 aromatic heterocycles. The van der Waals surface area contributed by atoms with Crippen LogP contribution in [0.25, 0.3) is 0 Å². The van der Waals surface area contributed by atoms with Crippen LogP contribution in [0.15, 0.2) is 48.5 Å². The van der Waals surface area contributed by atoms with E-state index < -0.39 is 0 Å². The van der Waals surface area contributed by atoms with Gasteiger partial charge in [-0.25, -0.2) is 0 Å². The van der Waals surface area contributed by atoms with E-state index in [1.807, 2.05) is 12.1 Å². The van der Waals surface area contributed by atoms with E-state index in [4.69, 9.17) is 0 Å². The Morgan fingerprint density at radius 2 is 1.67 bits per heavy atom. The van der Waals surface area contributed by atoms with Crippen LogP contribution in [0.2, 0.25) is 0 Å². The molecule has 0 spiro atoms. The number of rotatable bonds is 6. The molecular weight excluding hydrogens is 258 g/mol. The first-order valence-corrected chi connectivity index (χ1v) is 7.65. The third-order valence-electron chi connectivity index (χ3n) is 3.99. The minimum absolute atomic E-state index is 0.332. The molecule has 2 aromatic rings. The maximum atomic E-state index is 9.29. The number of aromatic hydroxyl groups is 1. The fraction of sp³-hybridized carbons (Fsp3) is 0.368. The van der Waals surface area contributed by atoms with Crippen molar-refractivity contribution in [3.8, 4) is 5.75 Å². The van der Waals surface area contributed by atoms with Crippen LogP contribution in [-0.4, -0.2) is 11.1 Å². The number of aryl methyl sites for hydroxylation is 2. The van der Waals surface area contributed by atoms with Gasteiger partial charge in [-0.2, -0.15) is 0 Å². The smallest absolute Gasteiger partial charge is 0.115 e. The molecule has 2 unspecified atom stereocenters. The number of nitrogens with one attached hydrogen (secondary N) is 1. The van der Waals surface area contributed by atoms with Gasteiger partial charge < -0.3 is 10.4 Å². The highest BCUT2D eigenvalue weighted by atomic mass is 16.3. The average molecular weight is 283 g/mol. The van der Waals surface area contributed by atoms with Crippen LogP contribution in [0.5, 0.6) is 5.75 Å². The molecule has 2 N–H and O–H groups in total. The van der Waals surface area contributed by atoms with E-state index in [2.05, 4.69) is 50.4 Å². The highest BCUT2D eigenvalue weighted by molar-refractivity contribution is 5.28. The van der Waals surface area contributed by atoms with Crippen LogP contribution < -0.4 is 5.32 Å². The molecule has 0 amide bonds. The predicted octanol–water partition coefficient (Wildman–Crippen LogP) is 4.37. The van der Waals surface area contributed by atoms with Gasteiger partial charge in [0.2, 0.25) is 0 Å². The number of phenols is 1. The number of phenolic OH excluding ortho intramolecular Hbond substituents is 1. The van der Waals surface area contributed by atoms with Crippen LogP contribution in [-0.2, 0) is 6.42 Å².